The minimum atomic E-state index is -0.475. The van der Waals surface area contributed by atoms with E-state index in [1.165, 1.54) is 128 Å². The Morgan fingerprint density at radius 3 is 1.39 bits per heavy atom. The highest BCUT2D eigenvalue weighted by molar-refractivity contribution is 5.12. The van der Waals surface area contributed by atoms with Gasteiger partial charge in [0.2, 0.25) is 0 Å². The average Bonchev–Trinajstić information content (AvgIpc) is 3.59. The summed E-state index contributed by atoms with van der Waals surface area (Å²) < 4.78 is 19.7. The first-order chi connectivity index (χ1) is 24.0. The number of likely N-dealkylation sites (N-methyl/N-ethyl adjacent to an activating group) is 1. The molecule has 0 aromatic carbocycles. The van der Waals surface area contributed by atoms with Crippen LogP contribution < -0.4 is 0 Å². The fourth-order valence-electron chi connectivity index (χ4n) is 7.11. The van der Waals surface area contributed by atoms with Crippen molar-refractivity contribution in [3.8, 4) is 0 Å². The Bertz CT molecular complexity index is 870. The van der Waals surface area contributed by atoms with Crippen LogP contribution in [0.4, 0.5) is 0 Å². The van der Waals surface area contributed by atoms with Gasteiger partial charge in [-0.15, -0.1) is 0 Å². The molecule has 2 rings (SSSR count). The molecule has 0 bridgehead atoms. The van der Waals surface area contributed by atoms with Crippen molar-refractivity contribution in [2.75, 3.05) is 20.6 Å². The number of unbranched alkanes of at least 4 members (excludes halogenated alkanes) is 18. The van der Waals surface area contributed by atoms with Crippen molar-refractivity contribution < 1.29 is 14.2 Å². The molecule has 0 saturated carbocycles. The predicted octanol–water partition coefficient (Wildman–Crippen LogP) is 13.3. The van der Waals surface area contributed by atoms with Crippen molar-refractivity contribution in [1.29, 1.82) is 0 Å². The predicted molar refractivity (Wildman–Crippen MR) is 213 cm³/mol. The van der Waals surface area contributed by atoms with Crippen LogP contribution in [-0.4, -0.2) is 49.6 Å². The lowest BCUT2D eigenvalue weighted by Crippen LogP contribution is -2.38. The Balaban J connectivity index is 1.63. The van der Waals surface area contributed by atoms with Crippen LogP contribution in [0.3, 0.4) is 0 Å². The van der Waals surface area contributed by atoms with Crippen molar-refractivity contribution in [2.24, 2.45) is 0 Å². The van der Waals surface area contributed by atoms with E-state index in [0.717, 1.165) is 50.8 Å². The molecule has 0 radical (unpaired) electrons. The van der Waals surface area contributed by atoms with Crippen molar-refractivity contribution in [2.45, 2.75) is 205 Å². The minimum absolute atomic E-state index is 0.00103. The fourth-order valence-corrected chi connectivity index (χ4v) is 7.11. The minimum Gasteiger partial charge on any atom is -0.488 e. The molecule has 2 aliphatic rings. The molecule has 0 spiro atoms. The van der Waals surface area contributed by atoms with Crippen molar-refractivity contribution >= 4 is 0 Å². The molecule has 2 saturated heterocycles. The number of allylic oxidation sites excluding steroid dienone is 8. The Morgan fingerprint density at radius 1 is 0.551 bits per heavy atom. The summed E-state index contributed by atoms with van der Waals surface area (Å²) in [6.07, 6.45) is 51.0. The van der Waals surface area contributed by atoms with Gasteiger partial charge in [0.15, 0.2) is 5.79 Å². The largest absolute Gasteiger partial charge is 0.488 e. The molecule has 282 valence electrons. The summed E-state index contributed by atoms with van der Waals surface area (Å²) >= 11 is 0. The number of fused-ring (bicyclic) bond motifs is 1. The van der Waals surface area contributed by atoms with Gasteiger partial charge in [0.1, 0.15) is 24.1 Å². The quantitative estimate of drug-likeness (QED) is 0.0522. The number of ether oxygens (including phenoxy) is 3. The van der Waals surface area contributed by atoms with Crippen molar-refractivity contribution in [3.63, 3.8) is 0 Å². The smallest absolute Gasteiger partial charge is 0.170 e. The van der Waals surface area contributed by atoms with E-state index in [9.17, 15) is 0 Å². The summed E-state index contributed by atoms with van der Waals surface area (Å²) in [4.78, 5) is 2.18. The molecule has 0 N–H and O–H groups in total. The van der Waals surface area contributed by atoms with Crippen LogP contribution in [0, 0.1) is 0 Å². The summed E-state index contributed by atoms with van der Waals surface area (Å²) in [6, 6.07) is 0. The van der Waals surface area contributed by atoms with E-state index < -0.39 is 5.79 Å². The molecule has 2 fully saturated rings. The monoisotopic (exact) mass is 682 g/mol. The van der Waals surface area contributed by atoms with E-state index in [4.69, 9.17) is 14.2 Å². The van der Waals surface area contributed by atoms with Crippen LogP contribution in [-0.2, 0) is 14.2 Å². The standard InChI is InChI=1S/C45H79NO3/c1-6-8-10-12-14-16-18-20-22-24-26-28-30-32-34-36-38-45(48-43-41(3)47-42(40-46(4)5)44(43)49-45)39-37-35-33-31-29-27-25-23-21-19-17-15-13-11-9-7-2/h14-17,20-23,42-44H,3,6-13,18-19,24-40H2,1-2,4-5H3/b16-14-,17-15-,22-20-,23-21-. The summed E-state index contributed by atoms with van der Waals surface area (Å²) in [6.45, 7) is 9.58. The first-order valence-corrected chi connectivity index (χ1v) is 21.0. The third-order valence-electron chi connectivity index (χ3n) is 10.0. The second-order valence-electron chi connectivity index (χ2n) is 15.1. The zero-order valence-electron chi connectivity index (χ0n) is 32.8. The second kappa shape index (κ2) is 29.0. The Hall–Kier alpha value is -1.62. The van der Waals surface area contributed by atoms with Crippen LogP contribution in [0.2, 0.25) is 0 Å². The molecule has 2 aliphatic heterocycles. The Morgan fingerprint density at radius 2 is 0.959 bits per heavy atom. The van der Waals surface area contributed by atoms with Gasteiger partial charge in [-0.05, 0) is 91.1 Å². The molecule has 0 amide bonds. The van der Waals surface area contributed by atoms with Gasteiger partial charge in [-0.1, -0.05) is 146 Å². The lowest BCUT2D eigenvalue weighted by Gasteiger charge is -2.31. The van der Waals surface area contributed by atoms with Gasteiger partial charge in [-0.3, -0.25) is 0 Å². The van der Waals surface area contributed by atoms with Crippen LogP contribution in [0.25, 0.3) is 0 Å². The normalized spacial score (nSPS) is 20.7. The molecule has 3 unspecified atom stereocenters. The maximum atomic E-state index is 6.85. The van der Waals surface area contributed by atoms with Gasteiger partial charge in [0, 0.05) is 19.4 Å². The number of hydrogen-bond donors (Lipinski definition) is 0. The van der Waals surface area contributed by atoms with Crippen LogP contribution in [0.15, 0.2) is 60.9 Å². The fraction of sp³-hybridized carbons (Fsp3) is 0.778. The highest BCUT2D eigenvalue weighted by atomic mass is 16.8. The molecule has 0 aromatic rings. The van der Waals surface area contributed by atoms with Gasteiger partial charge < -0.3 is 19.1 Å². The van der Waals surface area contributed by atoms with E-state index in [-0.39, 0.29) is 18.3 Å². The van der Waals surface area contributed by atoms with Crippen LogP contribution >= 0.6 is 0 Å². The summed E-state index contributed by atoms with van der Waals surface area (Å²) in [7, 11) is 4.19. The molecule has 2 heterocycles. The summed E-state index contributed by atoms with van der Waals surface area (Å²) in [5.74, 6) is 0.282. The average molecular weight is 682 g/mol. The van der Waals surface area contributed by atoms with Crippen molar-refractivity contribution in [1.82, 2.24) is 4.90 Å². The number of hydrogen-bond acceptors (Lipinski definition) is 4. The van der Waals surface area contributed by atoms with Crippen LogP contribution in [0.5, 0.6) is 0 Å². The molecular formula is C45H79NO3. The number of rotatable bonds is 32. The zero-order valence-corrected chi connectivity index (χ0v) is 32.8. The van der Waals surface area contributed by atoms with E-state index in [1.807, 2.05) is 0 Å². The lowest BCUT2D eigenvalue weighted by molar-refractivity contribution is -0.202. The number of nitrogens with zero attached hydrogens (tertiary/aromatic N) is 1. The first kappa shape index (κ1) is 43.5. The van der Waals surface area contributed by atoms with Gasteiger partial charge in [0.05, 0.1) is 0 Å². The van der Waals surface area contributed by atoms with Gasteiger partial charge in [0.25, 0.3) is 0 Å². The van der Waals surface area contributed by atoms with Crippen LogP contribution in [0.1, 0.15) is 181 Å². The molecule has 0 aromatic heterocycles. The highest BCUT2D eigenvalue weighted by Gasteiger charge is 2.55. The summed E-state index contributed by atoms with van der Waals surface area (Å²) in [5.41, 5.74) is 0. The Labute approximate surface area is 304 Å². The van der Waals surface area contributed by atoms with Crippen molar-refractivity contribution in [3.05, 3.63) is 60.9 Å². The highest BCUT2D eigenvalue weighted by Crippen LogP contribution is 2.45. The zero-order chi connectivity index (χ0) is 35.3. The second-order valence-corrected chi connectivity index (χ2v) is 15.1. The molecule has 0 aliphatic carbocycles. The topological polar surface area (TPSA) is 30.9 Å². The first-order valence-electron chi connectivity index (χ1n) is 21.0. The van der Waals surface area contributed by atoms with E-state index in [1.54, 1.807) is 0 Å². The van der Waals surface area contributed by atoms with E-state index >= 15 is 0 Å². The SMILES string of the molecule is C=C1OC(CN(C)C)C2OC(CCCCCCCC/C=C\C/C=C\CCCCC)(CCCCCCCC/C=C\C/C=C\CCCCC)OC12. The third-order valence-corrected chi connectivity index (χ3v) is 10.0. The maximum absolute atomic E-state index is 6.85. The van der Waals surface area contributed by atoms with E-state index in [0.29, 0.717) is 0 Å². The molecule has 4 nitrogen and oxygen atoms in total. The third kappa shape index (κ3) is 20.7. The lowest BCUT2D eigenvalue weighted by atomic mass is 9.98. The molecule has 49 heavy (non-hydrogen) atoms. The molecule has 4 heteroatoms. The molecular weight excluding hydrogens is 602 g/mol. The van der Waals surface area contributed by atoms with Gasteiger partial charge in [-0.25, -0.2) is 0 Å². The van der Waals surface area contributed by atoms with Gasteiger partial charge in [-0.2, -0.15) is 0 Å². The van der Waals surface area contributed by atoms with E-state index in [2.05, 4.69) is 88.0 Å². The molecule has 3 atom stereocenters. The van der Waals surface area contributed by atoms with Gasteiger partial charge >= 0.3 is 0 Å². The maximum Gasteiger partial charge on any atom is 0.170 e. The Kier molecular flexibility index (Phi) is 25.8. The summed E-state index contributed by atoms with van der Waals surface area (Å²) in [5, 5.41) is 0.